The molecule has 2 nitrogen and oxygen atoms in total. The predicted molar refractivity (Wildman–Crippen MR) is 58.1 cm³/mol. The van der Waals surface area contributed by atoms with Gasteiger partial charge >= 0.3 is 0 Å². The molecule has 1 aromatic rings. The van der Waals surface area contributed by atoms with Gasteiger partial charge in [0.1, 0.15) is 5.75 Å². The van der Waals surface area contributed by atoms with Gasteiger partial charge in [-0.2, -0.15) is 0 Å². The molecule has 3 atom stereocenters. The average molecular weight is 204 g/mol. The van der Waals surface area contributed by atoms with Crippen LogP contribution in [-0.4, -0.2) is 17.3 Å². The van der Waals surface area contributed by atoms with E-state index in [4.69, 9.17) is 4.74 Å². The third kappa shape index (κ3) is 1.53. The Labute approximate surface area is 89.9 Å². The second-order valence-electron chi connectivity index (χ2n) is 4.73. The summed E-state index contributed by atoms with van der Waals surface area (Å²) in [5, 5.41) is 9.90. The van der Waals surface area contributed by atoms with Crippen molar-refractivity contribution < 1.29 is 9.84 Å². The van der Waals surface area contributed by atoms with Crippen LogP contribution in [0.25, 0.3) is 0 Å². The van der Waals surface area contributed by atoms with Crippen LogP contribution in [-0.2, 0) is 4.74 Å². The van der Waals surface area contributed by atoms with Crippen molar-refractivity contribution in [3.05, 3.63) is 29.3 Å². The monoisotopic (exact) mass is 204 g/mol. The van der Waals surface area contributed by atoms with Gasteiger partial charge in [0.2, 0.25) is 0 Å². The van der Waals surface area contributed by atoms with Crippen molar-refractivity contribution in [1.82, 2.24) is 0 Å². The standard InChI is InChI=1S/C13H16O2/c1-8-3-2-4-10(14)13(8)9-5-6-11-12(7-9)15-11/h2-4,9,11-12,14H,5-7H2,1H3. The zero-order valence-electron chi connectivity index (χ0n) is 8.94. The summed E-state index contributed by atoms with van der Waals surface area (Å²) >= 11 is 0. The maximum absolute atomic E-state index is 9.90. The number of epoxide rings is 1. The molecule has 1 aliphatic heterocycles. The molecule has 0 bridgehead atoms. The van der Waals surface area contributed by atoms with Crippen LogP contribution < -0.4 is 0 Å². The fraction of sp³-hybridized carbons (Fsp3) is 0.538. The summed E-state index contributed by atoms with van der Waals surface area (Å²) in [4.78, 5) is 0. The maximum atomic E-state index is 9.90. The van der Waals surface area contributed by atoms with Crippen molar-refractivity contribution >= 4 is 0 Å². The number of fused-ring (bicyclic) bond motifs is 1. The highest BCUT2D eigenvalue weighted by molar-refractivity contribution is 5.41. The molecule has 3 rings (SSSR count). The van der Waals surface area contributed by atoms with Gasteiger partial charge < -0.3 is 9.84 Å². The smallest absolute Gasteiger partial charge is 0.119 e. The molecule has 1 N–H and O–H groups in total. The van der Waals surface area contributed by atoms with Crippen molar-refractivity contribution in [2.45, 2.75) is 44.3 Å². The third-order valence-electron chi connectivity index (χ3n) is 3.71. The SMILES string of the molecule is Cc1cccc(O)c1C1CCC2OC2C1. The van der Waals surface area contributed by atoms with Crippen LogP contribution in [0.1, 0.15) is 36.3 Å². The lowest BCUT2D eigenvalue weighted by Gasteiger charge is -2.22. The second kappa shape index (κ2) is 3.24. The van der Waals surface area contributed by atoms with Crippen LogP contribution in [0.15, 0.2) is 18.2 Å². The van der Waals surface area contributed by atoms with E-state index in [0.717, 1.165) is 24.8 Å². The van der Waals surface area contributed by atoms with Crippen LogP contribution in [0.4, 0.5) is 0 Å². The minimum Gasteiger partial charge on any atom is -0.508 e. The lowest BCUT2D eigenvalue weighted by molar-refractivity contribution is 0.371. The topological polar surface area (TPSA) is 32.8 Å². The van der Waals surface area contributed by atoms with Crippen LogP contribution in [0.5, 0.6) is 5.75 Å². The summed E-state index contributed by atoms with van der Waals surface area (Å²) in [5.74, 6) is 0.953. The van der Waals surface area contributed by atoms with E-state index in [2.05, 4.69) is 13.0 Å². The lowest BCUT2D eigenvalue weighted by atomic mass is 9.82. The fourth-order valence-electron chi connectivity index (χ4n) is 2.86. The van der Waals surface area contributed by atoms with Gasteiger partial charge in [0.25, 0.3) is 0 Å². The third-order valence-corrected chi connectivity index (χ3v) is 3.71. The molecular formula is C13H16O2. The largest absolute Gasteiger partial charge is 0.508 e. The molecule has 2 fully saturated rings. The Morgan fingerprint density at radius 1 is 1.27 bits per heavy atom. The summed E-state index contributed by atoms with van der Waals surface area (Å²) in [6.45, 7) is 2.08. The van der Waals surface area contributed by atoms with Gasteiger partial charge in [-0.1, -0.05) is 12.1 Å². The molecule has 15 heavy (non-hydrogen) atoms. The minimum atomic E-state index is 0.458. The Kier molecular flexibility index (Phi) is 1.99. The fourth-order valence-corrected chi connectivity index (χ4v) is 2.86. The van der Waals surface area contributed by atoms with E-state index in [1.165, 1.54) is 5.56 Å². The van der Waals surface area contributed by atoms with Crippen molar-refractivity contribution in [1.29, 1.82) is 0 Å². The quantitative estimate of drug-likeness (QED) is 0.713. The van der Waals surface area contributed by atoms with E-state index in [-0.39, 0.29) is 0 Å². The highest BCUT2D eigenvalue weighted by Gasteiger charge is 2.44. The molecule has 0 spiro atoms. The number of phenolic OH excluding ortho intramolecular Hbond substituents is 1. The van der Waals surface area contributed by atoms with E-state index < -0.39 is 0 Å². The van der Waals surface area contributed by atoms with Crippen molar-refractivity contribution in [2.24, 2.45) is 0 Å². The number of hydrogen-bond acceptors (Lipinski definition) is 2. The van der Waals surface area contributed by atoms with Crippen molar-refractivity contribution in [2.75, 3.05) is 0 Å². The van der Waals surface area contributed by atoms with E-state index >= 15 is 0 Å². The van der Waals surface area contributed by atoms with Crippen LogP contribution in [0.2, 0.25) is 0 Å². The molecule has 0 amide bonds. The van der Waals surface area contributed by atoms with Gasteiger partial charge in [-0.05, 0) is 49.3 Å². The van der Waals surface area contributed by atoms with Crippen molar-refractivity contribution in [3.8, 4) is 5.75 Å². The van der Waals surface area contributed by atoms with E-state index in [1.807, 2.05) is 6.07 Å². The molecular weight excluding hydrogens is 188 g/mol. The second-order valence-corrected chi connectivity index (χ2v) is 4.73. The first-order valence-corrected chi connectivity index (χ1v) is 5.69. The highest BCUT2D eigenvalue weighted by atomic mass is 16.6. The Balaban J connectivity index is 1.91. The highest BCUT2D eigenvalue weighted by Crippen LogP contribution is 2.46. The number of phenols is 1. The van der Waals surface area contributed by atoms with Gasteiger partial charge in [0.15, 0.2) is 0 Å². The summed E-state index contributed by atoms with van der Waals surface area (Å²) < 4.78 is 5.53. The Morgan fingerprint density at radius 3 is 2.87 bits per heavy atom. The molecule has 80 valence electrons. The molecule has 1 aliphatic carbocycles. The number of aryl methyl sites for hydroxylation is 1. The Bertz CT molecular complexity index is 366. The van der Waals surface area contributed by atoms with E-state index in [9.17, 15) is 5.11 Å². The summed E-state index contributed by atoms with van der Waals surface area (Å²) in [5.41, 5.74) is 2.35. The van der Waals surface area contributed by atoms with Gasteiger partial charge in [0.05, 0.1) is 12.2 Å². The first kappa shape index (κ1) is 9.22. The summed E-state index contributed by atoms with van der Waals surface area (Å²) in [7, 11) is 0. The normalized spacial score (nSPS) is 33.5. The molecule has 3 unspecified atom stereocenters. The minimum absolute atomic E-state index is 0.458. The molecule has 0 aromatic heterocycles. The van der Waals surface area contributed by atoms with E-state index in [0.29, 0.717) is 23.9 Å². The first-order valence-electron chi connectivity index (χ1n) is 5.69. The molecule has 1 saturated carbocycles. The summed E-state index contributed by atoms with van der Waals surface area (Å²) in [6, 6.07) is 5.78. The van der Waals surface area contributed by atoms with Gasteiger partial charge in [-0.15, -0.1) is 0 Å². The van der Waals surface area contributed by atoms with Gasteiger partial charge in [0, 0.05) is 0 Å². The molecule has 1 heterocycles. The van der Waals surface area contributed by atoms with Crippen LogP contribution in [0, 0.1) is 6.92 Å². The average Bonchev–Trinajstić information content (AvgIpc) is 2.95. The lowest BCUT2D eigenvalue weighted by Crippen LogP contribution is -2.12. The molecule has 1 saturated heterocycles. The van der Waals surface area contributed by atoms with Gasteiger partial charge in [-0.25, -0.2) is 0 Å². The van der Waals surface area contributed by atoms with Crippen LogP contribution >= 0.6 is 0 Å². The van der Waals surface area contributed by atoms with Crippen LogP contribution in [0.3, 0.4) is 0 Å². The molecule has 1 aromatic carbocycles. The first-order chi connectivity index (χ1) is 7.25. The number of aromatic hydroxyl groups is 1. The molecule has 2 heteroatoms. The molecule has 2 aliphatic rings. The molecule has 0 radical (unpaired) electrons. The number of hydrogen-bond donors (Lipinski definition) is 1. The Hall–Kier alpha value is -1.02. The predicted octanol–water partition coefficient (Wildman–Crippen LogP) is 2.74. The zero-order chi connectivity index (χ0) is 10.4. The number of rotatable bonds is 1. The van der Waals surface area contributed by atoms with Gasteiger partial charge in [-0.3, -0.25) is 0 Å². The Morgan fingerprint density at radius 2 is 2.13 bits per heavy atom. The number of ether oxygens (including phenoxy) is 1. The number of benzene rings is 1. The maximum Gasteiger partial charge on any atom is 0.119 e. The zero-order valence-corrected chi connectivity index (χ0v) is 8.94. The summed E-state index contributed by atoms with van der Waals surface area (Å²) in [6.07, 6.45) is 4.40. The van der Waals surface area contributed by atoms with E-state index in [1.54, 1.807) is 6.07 Å². The van der Waals surface area contributed by atoms with Crippen molar-refractivity contribution in [3.63, 3.8) is 0 Å².